The van der Waals surface area contributed by atoms with Crippen LogP contribution < -0.4 is 4.74 Å². The van der Waals surface area contributed by atoms with Crippen LogP contribution in [-0.4, -0.2) is 52.1 Å². The Labute approximate surface area is 125 Å². The molecule has 114 valence electrons. The van der Waals surface area contributed by atoms with E-state index in [2.05, 4.69) is 10.00 Å². The average molecular weight is 289 g/mol. The number of hydrogen-bond acceptors (Lipinski definition) is 4. The summed E-state index contributed by atoms with van der Waals surface area (Å²) < 4.78 is 7.63. The summed E-state index contributed by atoms with van der Waals surface area (Å²) in [5.41, 5.74) is 1.04. The molecular weight excluding hydrogens is 266 g/mol. The van der Waals surface area contributed by atoms with Gasteiger partial charge < -0.3 is 14.7 Å². The normalized spacial score (nSPS) is 18.0. The molecule has 1 atom stereocenters. The van der Waals surface area contributed by atoms with E-state index in [1.807, 2.05) is 36.1 Å². The molecule has 0 radical (unpaired) electrons. The lowest BCUT2D eigenvalue weighted by Gasteiger charge is -2.28. The Hall–Kier alpha value is -1.59. The molecule has 5 nitrogen and oxygen atoms in total. The minimum Gasteiger partial charge on any atom is -0.490 e. The van der Waals surface area contributed by atoms with E-state index in [1.54, 1.807) is 0 Å². The Morgan fingerprint density at radius 2 is 2.10 bits per heavy atom. The number of aryl methyl sites for hydroxylation is 1. The van der Waals surface area contributed by atoms with E-state index in [9.17, 15) is 5.11 Å². The second-order valence-corrected chi connectivity index (χ2v) is 5.78. The largest absolute Gasteiger partial charge is 0.490 e. The van der Waals surface area contributed by atoms with Gasteiger partial charge in [0.05, 0.1) is 17.1 Å². The molecule has 0 bridgehead atoms. The van der Waals surface area contributed by atoms with Crippen LogP contribution in [0.3, 0.4) is 0 Å². The first-order valence-corrected chi connectivity index (χ1v) is 7.68. The van der Waals surface area contributed by atoms with Gasteiger partial charge in [0.15, 0.2) is 0 Å². The molecule has 5 heteroatoms. The first-order chi connectivity index (χ1) is 10.2. The number of likely N-dealkylation sites (tertiary alicyclic amines) is 1. The summed E-state index contributed by atoms with van der Waals surface area (Å²) in [5.74, 6) is 0.790. The van der Waals surface area contributed by atoms with Crippen molar-refractivity contribution in [2.75, 3.05) is 26.2 Å². The molecule has 1 saturated heterocycles. The third-order valence-corrected chi connectivity index (χ3v) is 4.10. The monoisotopic (exact) mass is 289 g/mol. The molecule has 3 rings (SSSR count). The van der Waals surface area contributed by atoms with E-state index in [0.29, 0.717) is 13.2 Å². The van der Waals surface area contributed by atoms with Gasteiger partial charge in [-0.25, -0.2) is 0 Å². The van der Waals surface area contributed by atoms with Crippen LogP contribution in [0, 0.1) is 0 Å². The first kappa shape index (κ1) is 14.4. The highest BCUT2D eigenvalue weighted by molar-refractivity contribution is 5.85. The summed E-state index contributed by atoms with van der Waals surface area (Å²) in [6, 6.07) is 5.90. The first-order valence-electron chi connectivity index (χ1n) is 7.68. The molecule has 0 aliphatic carbocycles. The number of β-amino-alcohol motifs (C(OH)–C–C–N with tert-alkyl or cyclic N) is 1. The third-order valence-electron chi connectivity index (χ3n) is 4.10. The van der Waals surface area contributed by atoms with Crippen molar-refractivity contribution in [1.29, 1.82) is 0 Å². The van der Waals surface area contributed by atoms with Gasteiger partial charge in [-0.05, 0) is 38.1 Å². The van der Waals surface area contributed by atoms with E-state index >= 15 is 0 Å². The molecule has 21 heavy (non-hydrogen) atoms. The number of ether oxygens (including phenoxy) is 1. The zero-order chi connectivity index (χ0) is 14.7. The number of aliphatic hydroxyl groups is 1. The van der Waals surface area contributed by atoms with Crippen LogP contribution in [-0.2, 0) is 7.05 Å². The molecule has 1 fully saturated rings. The van der Waals surface area contributed by atoms with Crippen LogP contribution >= 0.6 is 0 Å². The lowest BCUT2D eigenvalue weighted by Crippen LogP contribution is -2.38. The van der Waals surface area contributed by atoms with Crippen molar-refractivity contribution in [3.63, 3.8) is 0 Å². The molecule has 2 heterocycles. The van der Waals surface area contributed by atoms with Crippen molar-refractivity contribution >= 4 is 10.9 Å². The molecule has 0 saturated carbocycles. The van der Waals surface area contributed by atoms with Gasteiger partial charge in [0.2, 0.25) is 0 Å². The van der Waals surface area contributed by atoms with Gasteiger partial charge in [0.1, 0.15) is 18.5 Å². The molecule has 1 unspecified atom stereocenters. The highest BCUT2D eigenvalue weighted by Crippen LogP contribution is 2.24. The molecular formula is C16H23N3O2. The fourth-order valence-corrected chi connectivity index (χ4v) is 2.96. The number of piperidine rings is 1. The van der Waals surface area contributed by atoms with Gasteiger partial charge in [-0.3, -0.25) is 4.68 Å². The molecule has 1 N–H and O–H groups in total. The highest BCUT2D eigenvalue weighted by atomic mass is 16.5. The smallest absolute Gasteiger partial charge is 0.130 e. The van der Waals surface area contributed by atoms with Crippen molar-refractivity contribution < 1.29 is 9.84 Å². The van der Waals surface area contributed by atoms with E-state index in [0.717, 1.165) is 29.7 Å². The number of hydrogen-bond donors (Lipinski definition) is 1. The van der Waals surface area contributed by atoms with Gasteiger partial charge in [-0.1, -0.05) is 12.5 Å². The summed E-state index contributed by atoms with van der Waals surface area (Å²) in [5, 5.41) is 15.4. The number of nitrogens with zero attached hydrogens (tertiary/aromatic N) is 3. The predicted octanol–water partition coefficient (Wildman–Crippen LogP) is 1.80. The summed E-state index contributed by atoms with van der Waals surface area (Å²) in [6.45, 7) is 3.21. The number of rotatable bonds is 5. The van der Waals surface area contributed by atoms with Crippen molar-refractivity contribution in [3.8, 4) is 5.75 Å². The fourth-order valence-electron chi connectivity index (χ4n) is 2.96. The quantitative estimate of drug-likeness (QED) is 0.912. The molecule has 0 amide bonds. The van der Waals surface area contributed by atoms with Crippen molar-refractivity contribution in [2.24, 2.45) is 7.05 Å². The molecule has 0 spiro atoms. The number of aliphatic hydroxyl groups excluding tert-OH is 1. The zero-order valence-corrected chi connectivity index (χ0v) is 12.5. The Bertz CT molecular complexity index is 590. The van der Waals surface area contributed by atoms with Crippen LogP contribution in [0.25, 0.3) is 10.9 Å². The average Bonchev–Trinajstić information content (AvgIpc) is 2.88. The minimum absolute atomic E-state index is 0.324. The van der Waals surface area contributed by atoms with Gasteiger partial charge in [0.25, 0.3) is 0 Å². The summed E-state index contributed by atoms with van der Waals surface area (Å²) in [7, 11) is 1.91. The van der Waals surface area contributed by atoms with Crippen LogP contribution in [0.2, 0.25) is 0 Å². The second-order valence-electron chi connectivity index (χ2n) is 5.78. The maximum Gasteiger partial charge on any atom is 0.130 e. The van der Waals surface area contributed by atoms with Crippen LogP contribution in [0.4, 0.5) is 0 Å². The van der Waals surface area contributed by atoms with E-state index in [4.69, 9.17) is 4.74 Å². The van der Waals surface area contributed by atoms with Gasteiger partial charge >= 0.3 is 0 Å². The second kappa shape index (κ2) is 6.45. The Balaban J connectivity index is 1.58. The SMILES string of the molecule is Cn1ncc2c(OCC(O)CN3CCCCC3)cccc21. The van der Waals surface area contributed by atoms with E-state index < -0.39 is 6.10 Å². The Morgan fingerprint density at radius 1 is 1.29 bits per heavy atom. The number of benzene rings is 1. The molecule has 1 aromatic carbocycles. The lowest BCUT2D eigenvalue weighted by atomic mass is 10.1. The van der Waals surface area contributed by atoms with E-state index in [1.165, 1.54) is 19.3 Å². The highest BCUT2D eigenvalue weighted by Gasteiger charge is 2.15. The summed E-state index contributed by atoms with van der Waals surface area (Å²) in [6.07, 6.45) is 5.15. The predicted molar refractivity (Wildman–Crippen MR) is 82.5 cm³/mol. The third kappa shape index (κ3) is 3.36. The van der Waals surface area contributed by atoms with E-state index in [-0.39, 0.29) is 0 Å². The van der Waals surface area contributed by atoms with Crippen LogP contribution in [0.1, 0.15) is 19.3 Å². The number of fused-ring (bicyclic) bond motifs is 1. The molecule has 2 aromatic rings. The Kier molecular flexibility index (Phi) is 4.41. The van der Waals surface area contributed by atoms with Crippen molar-refractivity contribution in [3.05, 3.63) is 24.4 Å². The maximum atomic E-state index is 10.2. The Morgan fingerprint density at radius 3 is 2.90 bits per heavy atom. The standard InChI is InChI=1S/C16H23N3O2/c1-18-15-6-5-7-16(14(15)10-17-18)21-12-13(20)11-19-8-3-2-4-9-19/h5-7,10,13,20H,2-4,8-9,11-12H2,1H3. The zero-order valence-electron chi connectivity index (χ0n) is 12.5. The van der Waals surface area contributed by atoms with Crippen LogP contribution in [0.15, 0.2) is 24.4 Å². The van der Waals surface area contributed by atoms with Gasteiger partial charge in [-0.2, -0.15) is 5.10 Å². The lowest BCUT2D eigenvalue weighted by molar-refractivity contribution is 0.0622. The minimum atomic E-state index is -0.449. The number of aromatic nitrogens is 2. The summed E-state index contributed by atoms with van der Waals surface area (Å²) >= 11 is 0. The van der Waals surface area contributed by atoms with Crippen molar-refractivity contribution in [2.45, 2.75) is 25.4 Å². The molecule has 1 aliphatic heterocycles. The van der Waals surface area contributed by atoms with Gasteiger partial charge in [0, 0.05) is 13.6 Å². The molecule has 1 aliphatic rings. The topological polar surface area (TPSA) is 50.5 Å². The molecule has 1 aromatic heterocycles. The fraction of sp³-hybridized carbons (Fsp3) is 0.562. The van der Waals surface area contributed by atoms with Crippen LogP contribution in [0.5, 0.6) is 5.75 Å². The summed E-state index contributed by atoms with van der Waals surface area (Å²) in [4.78, 5) is 2.32. The van der Waals surface area contributed by atoms with Crippen molar-refractivity contribution in [1.82, 2.24) is 14.7 Å². The van der Waals surface area contributed by atoms with Gasteiger partial charge in [-0.15, -0.1) is 0 Å². The maximum absolute atomic E-state index is 10.2.